The van der Waals surface area contributed by atoms with Gasteiger partial charge in [0.05, 0.1) is 13.2 Å². The van der Waals surface area contributed by atoms with Crippen molar-refractivity contribution in [3.05, 3.63) is 48.0 Å². The zero-order valence-corrected chi connectivity index (χ0v) is 10.3. The fourth-order valence-corrected chi connectivity index (χ4v) is 2.43. The second-order valence-corrected chi connectivity index (χ2v) is 4.33. The third-order valence-electron chi connectivity index (χ3n) is 3.27. The Kier molecular flexibility index (Phi) is 3.28. The fraction of sp³-hybridized carbons (Fsp3) is 0.333. The van der Waals surface area contributed by atoms with E-state index in [-0.39, 0.29) is 12.4 Å². The average Bonchev–Trinajstić information content (AvgIpc) is 2.46. The van der Waals surface area contributed by atoms with Gasteiger partial charge in [0.1, 0.15) is 6.10 Å². The van der Waals surface area contributed by atoms with E-state index in [2.05, 4.69) is 24.3 Å². The number of benzene rings is 2. The highest BCUT2D eigenvalue weighted by molar-refractivity contribution is 5.86. The zero-order valence-electron chi connectivity index (χ0n) is 10.3. The van der Waals surface area contributed by atoms with Crippen molar-refractivity contribution >= 4 is 10.8 Å². The van der Waals surface area contributed by atoms with Crippen LogP contribution in [0.15, 0.2) is 42.5 Å². The van der Waals surface area contributed by atoms with Gasteiger partial charge in [-0.2, -0.15) is 0 Å². The molecule has 0 amide bonds. The Morgan fingerprint density at radius 2 is 1.78 bits per heavy atom. The predicted molar refractivity (Wildman–Crippen MR) is 69.4 cm³/mol. The van der Waals surface area contributed by atoms with Gasteiger partial charge < -0.3 is 14.2 Å². The van der Waals surface area contributed by atoms with E-state index >= 15 is 0 Å². The lowest BCUT2D eigenvalue weighted by atomic mass is 9.99. The number of fused-ring (bicyclic) bond motifs is 1. The topological polar surface area (TPSA) is 27.7 Å². The van der Waals surface area contributed by atoms with Crippen LogP contribution in [-0.4, -0.2) is 26.6 Å². The molecule has 0 N–H and O–H groups in total. The molecule has 0 aromatic heterocycles. The highest BCUT2D eigenvalue weighted by Crippen LogP contribution is 2.32. The maximum atomic E-state index is 5.83. The first-order valence-electron chi connectivity index (χ1n) is 6.14. The first-order valence-corrected chi connectivity index (χ1v) is 6.14. The molecule has 3 rings (SSSR count). The standard InChI is InChI=1S/C15H16O3/c1-16-15-14(17-9-10-18-15)13-8-4-6-11-5-2-3-7-12(11)13/h2-8,14-15H,9-10H2,1H3. The molecule has 3 heteroatoms. The van der Waals surface area contributed by atoms with Crippen molar-refractivity contribution in [3.8, 4) is 0 Å². The van der Waals surface area contributed by atoms with Gasteiger partial charge in [0.25, 0.3) is 0 Å². The van der Waals surface area contributed by atoms with Crippen LogP contribution in [0, 0.1) is 0 Å². The van der Waals surface area contributed by atoms with Gasteiger partial charge in [0, 0.05) is 7.11 Å². The van der Waals surface area contributed by atoms with Crippen LogP contribution in [0.1, 0.15) is 11.7 Å². The molecule has 18 heavy (non-hydrogen) atoms. The Morgan fingerprint density at radius 1 is 1.00 bits per heavy atom. The van der Waals surface area contributed by atoms with Crippen LogP contribution in [0.3, 0.4) is 0 Å². The maximum Gasteiger partial charge on any atom is 0.187 e. The van der Waals surface area contributed by atoms with Gasteiger partial charge in [-0.1, -0.05) is 42.5 Å². The second-order valence-electron chi connectivity index (χ2n) is 4.33. The SMILES string of the molecule is COC1OCCOC1c1cccc2ccccc12. The van der Waals surface area contributed by atoms with E-state index in [4.69, 9.17) is 14.2 Å². The van der Waals surface area contributed by atoms with Crippen molar-refractivity contribution in [3.63, 3.8) is 0 Å². The number of hydrogen-bond donors (Lipinski definition) is 0. The van der Waals surface area contributed by atoms with Gasteiger partial charge in [-0.15, -0.1) is 0 Å². The quantitative estimate of drug-likeness (QED) is 0.813. The molecule has 3 nitrogen and oxygen atoms in total. The Morgan fingerprint density at radius 3 is 2.67 bits per heavy atom. The van der Waals surface area contributed by atoms with E-state index in [1.807, 2.05) is 18.2 Å². The van der Waals surface area contributed by atoms with Crippen LogP contribution in [-0.2, 0) is 14.2 Å². The van der Waals surface area contributed by atoms with E-state index in [1.165, 1.54) is 10.8 Å². The molecule has 0 radical (unpaired) electrons. The number of methoxy groups -OCH3 is 1. The summed E-state index contributed by atoms with van der Waals surface area (Å²) < 4.78 is 16.8. The van der Waals surface area contributed by atoms with Crippen LogP contribution in [0.4, 0.5) is 0 Å². The maximum absolute atomic E-state index is 5.83. The highest BCUT2D eigenvalue weighted by atomic mass is 16.7. The second kappa shape index (κ2) is 5.06. The zero-order chi connectivity index (χ0) is 12.4. The van der Waals surface area contributed by atoms with Gasteiger partial charge >= 0.3 is 0 Å². The number of ether oxygens (including phenoxy) is 3. The molecule has 0 spiro atoms. The molecule has 1 saturated heterocycles. The molecule has 2 atom stereocenters. The molecule has 94 valence electrons. The lowest BCUT2D eigenvalue weighted by Gasteiger charge is -2.31. The third-order valence-corrected chi connectivity index (χ3v) is 3.27. The normalized spacial score (nSPS) is 24.3. The minimum atomic E-state index is -0.329. The van der Waals surface area contributed by atoms with Crippen molar-refractivity contribution in [1.82, 2.24) is 0 Å². The van der Waals surface area contributed by atoms with E-state index < -0.39 is 0 Å². The van der Waals surface area contributed by atoms with Crippen LogP contribution in [0.25, 0.3) is 10.8 Å². The van der Waals surface area contributed by atoms with E-state index in [9.17, 15) is 0 Å². The van der Waals surface area contributed by atoms with Crippen LogP contribution >= 0.6 is 0 Å². The van der Waals surface area contributed by atoms with Crippen LogP contribution < -0.4 is 0 Å². The highest BCUT2D eigenvalue weighted by Gasteiger charge is 2.29. The minimum absolute atomic E-state index is 0.158. The summed E-state index contributed by atoms with van der Waals surface area (Å²) in [7, 11) is 1.65. The summed E-state index contributed by atoms with van der Waals surface area (Å²) in [5.74, 6) is 0. The van der Waals surface area contributed by atoms with Crippen molar-refractivity contribution in [1.29, 1.82) is 0 Å². The monoisotopic (exact) mass is 244 g/mol. The van der Waals surface area contributed by atoms with Gasteiger partial charge in [-0.25, -0.2) is 0 Å². The summed E-state index contributed by atoms with van der Waals surface area (Å²) in [5, 5.41) is 2.40. The average molecular weight is 244 g/mol. The third kappa shape index (κ3) is 2.01. The number of hydrogen-bond acceptors (Lipinski definition) is 3. The van der Waals surface area contributed by atoms with E-state index in [0.29, 0.717) is 13.2 Å². The molecule has 1 heterocycles. The molecule has 2 unspecified atom stereocenters. The molecule has 0 saturated carbocycles. The minimum Gasteiger partial charge on any atom is -0.366 e. The molecule has 1 aliphatic heterocycles. The first kappa shape index (κ1) is 11.7. The lowest BCUT2D eigenvalue weighted by Crippen LogP contribution is -2.33. The van der Waals surface area contributed by atoms with Crippen LogP contribution in [0.2, 0.25) is 0 Å². The lowest BCUT2D eigenvalue weighted by molar-refractivity contribution is -0.240. The molecular weight excluding hydrogens is 228 g/mol. The molecule has 0 aliphatic carbocycles. The van der Waals surface area contributed by atoms with Gasteiger partial charge in [-0.3, -0.25) is 0 Å². The van der Waals surface area contributed by atoms with Crippen molar-refractivity contribution in [2.75, 3.05) is 20.3 Å². The van der Waals surface area contributed by atoms with Crippen molar-refractivity contribution < 1.29 is 14.2 Å². The molecule has 2 aromatic carbocycles. The summed E-state index contributed by atoms with van der Waals surface area (Å²) in [5.41, 5.74) is 1.12. The van der Waals surface area contributed by atoms with Crippen LogP contribution in [0.5, 0.6) is 0 Å². The smallest absolute Gasteiger partial charge is 0.187 e. The summed E-state index contributed by atoms with van der Waals surface area (Å²) >= 11 is 0. The Balaban J connectivity index is 2.07. The Bertz CT molecular complexity index is 533. The van der Waals surface area contributed by atoms with Gasteiger partial charge in [-0.05, 0) is 16.3 Å². The number of rotatable bonds is 2. The van der Waals surface area contributed by atoms with Crippen molar-refractivity contribution in [2.24, 2.45) is 0 Å². The predicted octanol–water partition coefficient (Wildman–Crippen LogP) is 2.90. The van der Waals surface area contributed by atoms with Gasteiger partial charge in [0.2, 0.25) is 0 Å². The summed E-state index contributed by atoms with van der Waals surface area (Å²) in [4.78, 5) is 0. The Labute approximate surface area is 106 Å². The molecular formula is C15H16O3. The summed E-state index contributed by atoms with van der Waals surface area (Å²) in [6, 6.07) is 14.5. The van der Waals surface area contributed by atoms with Crippen molar-refractivity contribution in [2.45, 2.75) is 12.4 Å². The molecule has 2 aromatic rings. The molecule has 1 aliphatic rings. The Hall–Kier alpha value is -1.42. The van der Waals surface area contributed by atoms with E-state index in [1.54, 1.807) is 7.11 Å². The first-order chi connectivity index (χ1) is 8.90. The summed E-state index contributed by atoms with van der Waals surface area (Å²) in [6.07, 6.45) is -0.487. The molecule has 0 bridgehead atoms. The summed E-state index contributed by atoms with van der Waals surface area (Å²) in [6.45, 7) is 1.19. The molecule has 1 fully saturated rings. The fourth-order valence-electron chi connectivity index (χ4n) is 2.43. The van der Waals surface area contributed by atoms with Gasteiger partial charge in [0.15, 0.2) is 6.29 Å². The largest absolute Gasteiger partial charge is 0.366 e. The van der Waals surface area contributed by atoms with E-state index in [0.717, 1.165) is 5.56 Å².